The third-order valence-corrected chi connectivity index (χ3v) is 5.94. The predicted octanol–water partition coefficient (Wildman–Crippen LogP) is 3.21. The molecule has 2 aliphatic rings. The number of carbonyl (C=O) groups excluding carboxylic acids is 1. The largest absolute Gasteiger partial charge is 0.357 e. The molecule has 5 heteroatoms. The van der Waals surface area contributed by atoms with Gasteiger partial charge in [0.2, 0.25) is 5.91 Å². The zero-order valence-electron chi connectivity index (χ0n) is 17.7. The normalized spacial score (nSPS) is 19.6. The number of nitrogens with zero attached hydrogens (tertiary/aromatic N) is 2. The molecule has 1 aliphatic heterocycles. The maximum absolute atomic E-state index is 12.2. The maximum atomic E-state index is 12.2. The second kappa shape index (κ2) is 9.44. The third kappa shape index (κ3) is 5.73. The topological polar surface area (TPSA) is 56.7 Å². The zero-order valence-corrected chi connectivity index (χ0v) is 17.7. The fourth-order valence-electron chi connectivity index (χ4n) is 3.97. The van der Waals surface area contributed by atoms with E-state index in [1.807, 2.05) is 18.7 Å². The average molecular weight is 385 g/mol. The lowest BCUT2D eigenvalue weighted by Gasteiger charge is -2.34. The standard InChI is InChI=1S/C23H36N4O/c1-4-24-22(26-20-10-14-27(15-11-20)21(28)18(2)3)25-17-23(12-13-23)16-19-8-6-5-7-9-19/h5-9,18,20H,4,10-17H2,1-3H3,(H2,24,25,26). The van der Waals surface area contributed by atoms with Gasteiger partial charge in [-0.2, -0.15) is 0 Å². The van der Waals surface area contributed by atoms with Crippen molar-refractivity contribution >= 4 is 11.9 Å². The van der Waals surface area contributed by atoms with Crippen LogP contribution < -0.4 is 10.6 Å². The highest BCUT2D eigenvalue weighted by Gasteiger charge is 2.42. The van der Waals surface area contributed by atoms with Crippen molar-refractivity contribution in [1.82, 2.24) is 15.5 Å². The molecule has 1 heterocycles. The number of hydrogen-bond acceptors (Lipinski definition) is 2. The molecule has 0 atom stereocenters. The molecular formula is C23H36N4O. The highest BCUT2D eigenvalue weighted by atomic mass is 16.2. The molecule has 0 radical (unpaired) electrons. The van der Waals surface area contributed by atoms with Crippen molar-refractivity contribution in [2.24, 2.45) is 16.3 Å². The molecular weight excluding hydrogens is 348 g/mol. The molecule has 28 heavy (non-hydrogen) atoms. The van der Waals surface area contributed by atoms with Crippen LogP contribution in [0.1, 0.15) is 52.0 Å². The summed E-state index contributed by atoms with van der Waals surface area (Å²) in [5, 5.41) is 7.02. The summed E-state index contributed by atoms with van der Waals surface area (Å²) in [6.07, 6.45) is 5.61. The summed E-state index contributed by atoms with van der Waals surface area (Å²) in [5.74, 6) is 1.29. The minimum absolute atomic E-state index is 0.0859. The van der Waals surface area contributed by atoms with Crippen LogP contribution in [0.5, 0.6) is 0 Å². The van der Waals surface area contributed by atoms with Crippen LogP contribution in [0.3, 0.4) is 0 Å². The molecule has 2 N–H and O–H groups in total. The Balaban J connectivity index is 1.52. The van der Waals surface area contributed by atoms with Gasteiger partial charge in [-0.05, 0) is 50.0 Å². The van der Waals surface area contributed by atoms with Crippen LogP contribution in [0.25, 0.3) is 0 Å². The van der Waals surface area contributed by atoms with Gasteiger partial charge in [-0.15, -0.1) is 0 Å². The number of rotatable bonds is 7. The van der Waals surface area contributed by atoms with Gasteiger partial charge in [0.15, 0.2) is 5.96 Å². The van der Waals surface area contributed by atoms with Crippen molar-refractivity contribution in [3.63, 3.8) is 0 Å². The first kappa shape index (κ1) is 20.7. The van der Waals surface area contributed by atoms with Crippen LogP contribution in [-0.4, -0.2) is 49.0 Å². The predicted molar refractivity (Wildman–Crippen MR) is 115 cm³/mol. The van der Waals surface area contributed by atoms with E-state index in [0.29, 0.717) is 11.5 Å². The monoisotopic (exact) mass is 384 g/mol. The first-order valence-corrected chi connectivity index (χ1v) is 10.9. The van der Waals surface area contributed by atoms with Crippen LogP contribution in [0, 0.1) is 11.3 Å². The summed E-state index contributed by atoms with van der Waals surface area (Å²) in [7, 11) is 0. The SMILES string of the molecule is CCNC(=NCC1(Cc2ccccc2)CC1)NC1CCN(C(=O)C(C)C)CC1. The van der Waals surface area contributed by atoms with E-state index in [1.54, 1.807) is 0 Å². The van der Waals surface area contributed by atoms with Crippen LogP contribution >= 0.6 is 0 Å². The lowest BCUT2D eigenvalue weighted by Crippen LogP contribution is -2.50. The van der Waals surface area contributed by atoms with Crippen molar-refractivity contribution in [2.45, 2.75) is 58.9 Å². The maximum Gasteiger partial charge on any atom is 0.225 e. The van der Waals surface area contributed by atoms with Crippen molar-refractivity contribution in [3.8, 4) is 0 Å². The zero-order chi connectivity index (χ0) is 20.0. The van der Waals surface area contributed by atoms with Crippen molar-refractivity contribution < 1.29 is 4.79 Å². The lowest BCUT2D eigenvalue weighted by molar-refractivity contribution is -0.135. The molecule has 3 rings (SSSR count). The van der Waals surface area contributed by atoms with E-state index in [1.165, 1.54) is 18.4 Å². The highest BCUT2D eigenvalue weighted by Crippen LogP contribution is 2.48. The molecule has 1 saturated heterocycles. The third-order valence-electron chi connectivity index (χ3n) is 5.94. The molecule has 1 amide bonds. The molecule has 0 aromatic heterocycles. The van der Waals surface area contributed by atoms with E-state index in [0.717, 1.165) is 51.4 Å². The Hall–Kier alpha value is -2.04. The average Bonchev–Trinajstić information content (AvgIpc) is 3.46. The summed E-state index contributed by atoms with van der Waals surface area (Å²) < 4.78 is 0. The highest BCUT2D eigenvalue weighted by molar-refractivity contribution is 5.80. The fourth-order valence-corrected chi connectivity index (χ4v) is 3.97. The molecule has 0 unspecified atom stereocenters. The molecule has 5 nitrogen and oxygen atoms in total. The Kier molecular flexibility index (Phi) is 6.97. The molecule has 154 valence electrons. The van der Waals surface area contributed by atoms with Gasteiger partial charge in [-0.1, -0.05) is 44.2 Å². The van der Waals surface area contributed by atoms with Gasteiger partial charge in [0.1, 0.15) is 0 Å². The van der Waals surface area contributed by atoms with Crippen LogP contribution in [-0.2, 0) is 11.2 Å². The summed E-state index contributed by atoms with van der Waals surface area (Å²) in [5.41, 5.74) is 1.76. The number of hydrogen-bond donors (Lipinski definition) is 2. The Morgan fingerprint density at radius 2 is 1.89 bits per heavy atom. The Morgan fingerprint density at radius 1 is 1.21 bits per heavy atom. The second-order valence-electron chi connectivity index (χ2n) is 8.76. The Bertz CT molecular complexity index is 658. The van der Waals surface area contributed by atoms with E-state index >= 15 is 0 Å². The molecule has 1 saturated carbocycles. The van der Waals surface area contributed by atoms with Gasteiger partial charge >= 0.3 is 0 Å². The van der Waals surface area contributed by atoms with E-state index in [4.69, 9.17) is 4.99 Å². The van der Waals surface area contributed by atoms with Crippen LogP contribution in [0.4, 0.5) is 0 Å². The number of likely N-dealkylation sites (tertiary alicyclic amines) is 1. The van der Waals surface area contributed by atoms with Gasteiger partial charge in [0, 0.05) is 38.1 Å². The van der Waals surface area contributed by atoms with Crippen LogP contribution in [0.15, 0.2) is 35.3 Å². The smallest absolute Gasteiger partial charge is 0.225 e. The summed E-state index contributed by atoms with van der Waals surface area (Å²) in [4.78, 5) is 19.1. The van der Waals surface area contributed by atoms with Crippen LogP contribution in [0.2, 0.25) is 0 Å². The fraction of sp³-hybridized carbons (Fsp3) is 0.652. The van der Waals surface area contributed by atoms with Crippen molar-refractivity contribution in [3.05, 3.63) is 35.9 Å². The minimum atomic E-state index is 0.0859. The lowest BCUT2D eigenvalue weighted by atomic mass is 9.97. The van der Waals surface area contributed by atoms with Crippen molar-refractivity contribution in [2.75, 3.05) is 26.2 Å². The molecule has 1 aromatic rings. The summed E-state index contributed by atoms with van der Waals surface area (Å²) in [6.45, 7) is 9.48. The summed E-state index contributed by atoms with van der Waals surface area (Å²) >= 11 is 0. The number of carbonyl (C=O) groups is 1. The van der Waals surface area contributed by atoms with Crippen molar-refractivity contribution in [1.29, 1.82) is 0 Å². The molecule has 2 fully saturated rings. The Morgan fingerprint density at radius 3 is 2.46 bits per heavy atom. The van der Waals surface area contributed by atoms with E-state index in [2.05, 4.69) is 47.9 Å². The van der Waals surface area contributed by atoms with E-state index in [9.17, 15) is 4.79 Å². The van der Waals surface area contributed by atoms with Gasteiger partial charge in [0.05, 0.1) is 0 Å². The molecule has 0 spiro atoms. The number of nitrogens with one attached hydrogen (secondary N) is 2. The number of guanidine groups is 1. The molecule has 0 bridgehead atoms. The minimum Gasteiger partial charge on any atom is -0.357 e. The van der Waals surface area contributed by atoms with Gasteiger partial charge < -0.3 is 15.5 Å². The van der Waals surface area contributed by atoms with Gasteiger partial charge in [-0.3, -0.25) is 9.79 Å². The quantitative estimate of drug-likeness (QED) is 0.561. The van der Waals surface area contributed by atoms with E-state index < -0.39 is 0 Å². The van der Waals surface area contributed by atoms with Gasteiger partial charge in [0.25, 0.3) is 0 Å². The first-order chi connectivity index (χ1) is 13.5. The summed E-state index contributed by atoms with van der Waals surface area (Å²) in [6, 6.07) is 11.2. The molecule has 1 aliphatic carbocycles. The number of piperidine rings is 1. The number of benzene rings is 1. The number of amides is 1. The number of aliphatic imine (C=N–C) groups is 1. The first-order valence-electron chi connectivity index (χ1n) is 10.9. The van der Waals surface area contributed by atoms with Gasteiger partial charge in [-0.25, -0.2) is 0 Å². The Labute approximate surface area is 170 Å². The van der Waals surface area contributed by atoms with E-state index in [-0.39, 0.29) is 11.8 Å². The molecule has 1 aromatic carbocycles. The second-order valence-corrected chi connectivity index (χ2v) is 8.76.